The average molecular weight is 406 g/mol. The zero-order valence-electron chi connectivity index (χ0n) is 16.8. The summed E-state index contributed by atoms with van der Waals surface area (Å²) >= 11 is 0. The number of aromatic amines is 1. The molecule has 0 atom stereocenters. The molecule has 3 aromatic carbocycles. The van der Waals surface area contributed by atoms with Crippen molar-refractivity contribution in [1.29, 1.82) is 0 Å². The van der Waals surface area contributed by atoms with Crippen LogP contribution in [-0.4, -0.2) is 45.8 Å². The zero-order chi connectivity index (χ0) is 20.3. The van der Waals surface area contributed by atoms with E-state index in [0.29, 0.717) is 0 Å². The van der Waals surface area contributed by atoms with E-state index in [2.05, 4.69) is 128 Å². The number of H-pyrrole nitrogens is 1. The second kappa shape index (κ2) is 8.26. The maximum atomic E-state index is 4.24. The van der Waals surface area contributed by atoms with Crippen molar-refractivity contribution in [3.63, 3.8) is 0 Å². The molecular formula is C22H22B2N5Si. The molecule has 1 aromatic heterocycles. The zero-order valence-corrected chi connectivity index (χ0v) is 18.0. The highest BCUT2D eigenvalue weighted by atomic mass is 28.2. The van der Waals surface area contributed by atoms with Crippen LogP contribution in [0.3, 0.4) is 0 Å². The van der Waals surface area contributed by atoms with Gasteiger partial charge in [0.15, 0.2) is 0 Å². The topological polar surface area (TPSA) is 38.4 Å². The molecule has 0 spiro atoms. The molecule has 1 N–H and O–H groups in total. The summed E-state index contributed by atoms with van der Waals surface area (Å²) in [6.07, 6.45) is 1.83. The van der Waals surface area contributed by atoms with Gasteiger partial charge in [-0.1, -0.05) is 78.9 Å². The van der Waals surface area contributed by atoms with Crippen LogP contribution >= 0.6 is 0 Å². The van der Waals surface area contributed by atoms with Gasteiger partial charge in [-0.3, -0.25) is 5.10 Å². The monoisotopic (exact) mass is 406 g/mol. The summed E-state index contributed by atoms with van der Waals surface area (Å²) in [6.45, 7) is 0.236. The fourth-order valence-corrected chi connectivity index (χ4v) is 6.08. The van der Waals surface area contributed by atoms with Crippen molar-refractivity contribution >= 4 is 46.2 Å². The first kappa shape index (κ1) is 18.8. The van der Waals surface area contributed by atoms with E-state index in [0.717, 1.165) is 5.82 Å². The first-order valence-electron chi connectivity index (χ1n) is 10.1. The molecule has 1 aliphatic heterocycles. The molecule has 5 nitrogen and oxygen atoms in total. The second-order valence-electron chi connectivity index (χ2n) is 7.44. The van der Waals surface area contributed by atoms with Crippen LogP contribution in [0.1, 0.15) is 0 Å². The molecule has 0 aliphatic carbocycles. The Bertz CT molecular complexity index is 1070. The molecule has 30 heavy (non-hydrogen) atoms. The second-order valence-corrected chi connectivity index (χ2v) is 8.79. The van der Waals surface area contributed by atoms with Crippen molar-refractivity contribution in [3.8, 4) is 0 Å². The lowest BCUT2D eigenvalue weighted by Crippen LogP contribution is -2.79. The number of nitrogens with zero attached hydrogens (tertiary/aromatic N) is 4. The van der Waals surface area contributed by atoms with Crippen LogP contribution in [0.4, 0.5) is 11.5 Å². The lowest BCUT2D eigenvalue weighted by molar-refractivity contribution is 0.796. The number of hydrogen-bond acceptors (Lipinski definition) is 4. The fraction of sp³-hybridized carbons (Fsp3) is 0.0455. The van der Waals surface area contributed by atoms with Gasteiger partial charge in [0.2, 0.25) is 0 Å². The minimum atomic E-state index is -0.242. The number of rotatable bonds is 4. The molecule has 1 saturated heterocycles. The van der Waals surface area contributed by atoms with Crippen LogP contribution in [0.25, 0.3) is 0 Å². The largest absolute Gasteiger partial charge is 0.412 e. The van der Waals surface area contributed by atoms with Crippen LogP contribution < -0.4 is 19.9 Å². The first-order valence-corrected chi connectivity index (χ1v) is 11.1. The molecule has 0 bridgehead atoms. The van der Waals surface area contributed by atoms with Gasteiger partial charge in [0.25, 0.3) is 9.84 Å². The van der Waals surface area contributed by atoms with Gasteiger partial charge in [-0.25, -0.2) is 0 Å². The summed E-state index contributed by atoms with van der Waals surface area (Å²) in [6, 6.07) is 34.3. The number of anilines is 2. The highest BCUT2D eigenvalue weighted by Gasteiger charge is 2.47. The number of hydrogen-bond donors (Lipinski definition) is 1. The lowest BCUT2D eigenvalue weighted by atomic mass is 9.53. The fourth-order valence-electron chi connectivity index (χ4n) is 4.22. The molecular weight excluding hydrogens is 384 g/mol. The van der Waals surface area contributed by atoms with Gasteiger partial charge in [0.05, 0.1) is 6.20 Å². The maximum Gasteiger partial charge on any atom is 0.362 e. The predicted octanol–water partition coefficient (Wildman–Crippen LogP) is 1.73. The summed E-state index contributed by atoms with van der Waals surface area (Å²) < 4.78 is 7.43. The Labute approximate surface area is 180 Å². The molecule has 145 valence electrons. The third-order valence-corrected chi connectivity index (χ3v) is 7.20. The quantitative estimate of drug-likeness (QED) is 0.524. The standard InChI is InChI=1S/C22H22B2N5Si/c1-27-23(19-11-5-2-6-12-19)28(21-15-9-4-10-16-21)30-29(22-17-18-25-26-22)24(27)20-13-7-3-8-14-20/h2-18,30H,1H3,(H,25,26). The summed E-state index contributed by atoms with van der Waals surface area (Å²) in [5.41, 5.74) is 3.79. The third kappa shape index (κ3) is 3.44. The van der Waals surface area contributed by atoms with Crippen molar-refractivity contribution < 1.29 is 0 Å². The first-order chi connectivity index (χ1) is 14.8. The number of para-hydroxylation sites is 1. The summed E-state index contributed by atoms with van der Waals surface area (Å²) in [7, 11) is 1.97. The summed E-state index contributed by atoms with van der Waals surface area (Å²) in [5.74, 6) is 1.04. The van der Waals surface area contributed by atoms with Gasteiger partial charge in [-0.15, -0.1) is 0 Å². The average Bonchev–Trinajstić information content (AvgIpc) is 3.35. The van der Waals surface area contributed by atoms with E-state index >= 15 is 0 Å². The minimum absolute atomic E-state index is 0.104. The molecule has 0 unspecified atom stereocenters. The summed E-state index contributed by atoms with van der Waals surface area (Å²) in [4.78, 5) is 0. The van der Waals surface area contributed by atoms with E-state index in [1.54, 1.807) is 0 Å². The highest BCUT2D eigenvalue weighted by Crippen LogP contribution is 2.24. The van der Waals surface area contributed by atoms with Crippen molar-refractivity contribution in [1.82, 2.24) is 14.9 Å². The van der Waals surface area contributed by atoms with Gasteiger partial charge >= 0.3 is 14.0 Å². The molecule has 5 rings (SSSR count). The Morgan fingerprint density at radius 2 is 1.23 bits per heavy atom. The van der Waals surface area contributed by atoms with E-state index < -0.39 is 0 Å². The van der Waals surface area contributed by atoms with Gasteiger partial charge in [0.1, 0.15) is 5.82 Å². The molecule has 1 radical (unpaired) electrons. The molecule has 1 fully saturated rings. The van der Waals surface area contributed by atoms with Crippen LogP contribution in [0, 0.1) is 0 Å². The van der Waals surface area contributed by atoms with E-state index in [9.17, 15) is 0 Å². The lowest BCUT2D eigenvalue weighted by Gasteiger charge is -2.50. The molecule has 2 heterocycles. The SMILES string of the molecule is CN1B(c2ccccc2)N(c2ccccc2)[SiH]N(c2ccn[nH]2)B1c1ccccc1. The van der Waals surface area contributed by atoms with Crippen molar-refractivity contribution in [3.05, 3.63) is 103 Å². The Kier molecular flexibility index (Phi) is 5.17. The number of benzene rings is 3. The van der Waals surface area contributed by atoms with Crippen LogP contribution in [0.5, 0.6) is 0 Å². The molecule has 0 saturated carbocycles. The van der Waals surface area contributed by atoms with E-state index in [4.69, 9.17) is 0 Å². The van der Waals surface area contributed by atoms with E-state index in [-0.39, 0.29) is 23.8 Å². The maximum absolute atomic E-state index is 4.24. The van der Waals surface area contributed by atoms with Crippen LogP contribution in [-0.2, 0) is 0 Å². The normalized spacial score (nSPS) is 15.0. The van der Waals surface area contributed by atoms with Crippen molar-refractivity contribution in [2.24, 2.45) is 0 Å². The van der Waals surface area contributed by atoms with Crippen LogP contribution in [0.2, 0.25) is 0 Å². The molecule has 0 amide bonds. The third-order valence-electron chi connectivity index (χ3n) is 5.56. The minimum Gasteiger partial charge on any atom is -0.412 e. The van der Waals surface area contributed by atoms with Crippen molar-refractivity contribution in [2.45, 2.75) is 0 Å². The number of nitrogens with one attached hydrogen (secondary N) is 1. The summed E-state index contributed by atoms with van der Waals surface area (Å²) in [5, 5.41) is 7.43. The Morgan fingerprint density at radius 1 is 0.700 bits per heavy atom. The molecule has 4 aromatic rings. The van der Waals surface area contributed by atoms with Crippen LogP contribution in [0.15, 0.2) is 103 Å². The smallest absolute Gasteiger partial charge is 0.362 e. The Balaban J connectivity index is 1.65. The van der Waals surface area contributed by atoms with E-state index in [1.807, 2.05) is 6.20 Å². The van der Waals surface area contributed by atoms with Gasteiger partial charge in [-0.05, 0) is 36.2 Å². The Hall–Kier alpha value is -3.22. The van der Waals surface area contributed by atoms with E-state index in [1.165, 1.54) is 16.6 Å². The Morgan fingerprint density at radius 3 is 1.77 bits per heavy atom. The molecule has 1 aliphatic rings. The highest BCUT2D eigenvalue weighted by molar-refractivity contribution is 7.01. The molecule has 8 heteroatoms. The predicted molar refractivity (Wildman–Crippen MR) is 129 cm³/mol. The van der Waals surface area contributed by atoms with Gasteiger partial charge in [-0.2, -0.15) is 5.10 Å². The van der Waals surface area contributed by atoms with Gasteiger partial charge < -0.3 is 13.7 Å². The number of aromatic nitrogens is 2. The van der Waals surface area contributed by atoms with Gasteiger partial charge in [0, 0.05) is 5.69 Å². The van der Waals surface area contributed by atoms with Crippen molar-refractivity contribution in [2.75, 3.05) is 16.0 Å².